The number of nitrogens with zero attached hydrogens (tertiary/aromatic N) is 1. The van der Waals surface area contributed by atoms with E-state index in [0.717, 1.165) is 6.07 Å². The first-order valence-corrected chi connectivity index (χ1v) is 5.54. The van der Waals surface area contributed by atoms with Gasteiger partial charge in [0.25, 0.3) is 15.8 Å². The Bertz CT molecular complexity index is 527. The van der Waals surface area contributed by atoms with E-state index in [1.54, 1.807) is 0 Å². The van der Waals surface area contributed by atoms with Gasteiger partial charge in [0.2, 0.25) is 0 Å². The van der Waals surface area contributed by atoms with E-state index >= 15 is 0 Å². The van der Waals surface area contributed by atoms with Crippen molar-refractivity contribution in [3.8, 4) is 0 Å². The first-order valence-electron chi connectivity index (χ1n) is 3.34. The Morgan fingerprint density at radius 1 is 1.27 bits per heavy atom. The van der Waals surface area contributed by atoms with Crippen molar-refractivity contribution in [3.05, 3.63) is 32.3 Å². The summed E-state index contributed by atoms with van der Waals surface area (Å²) in [5, 5.41) is 9.72. The molecule has 82 valence electrons. The molecule has 15 heavy (non-hydrogen) atoms. The van der Waals surface area contributed by atoms with Gasteiger partial charge in [-0.25, -0.2) is 0 Å². The Labute approximate surface area is 94.3 Å². The normalized spacial score (nSPS) is 11.4. The van der Waals surface area contributed by atoms with Crippen molar-refractivity contribution < 1.29 is 17.9 Å². The minimum absolute atomic E-state index is 0.308. The standard InChI is InChI=1S/C6H3Cl2NO5S/c7-3-1-4(8)6(15(12,13)14)2-5(3)9(10)11/h1-2H,(H,12,13,14). The molecule has 1 rings (SSSR count). The molecule has 0 atom stereocenters. The van der Waals surface area contributed by atoms with Crippen LogP contribution >= 0.6 is 23.2 Å². The molecule has 0 heterocycles. The second kappa shape index (κ2) is 3.93. The van der Waals surface area contributed by atoms with E-state index in [4.69, 9.17) is 27.8 Å². The van der Waals surface area contributed by atoms with Gasteiger partial charge in [0.15, 0.2) is 0 Å². The van der Waals surface area contributed by atoms with Crippen molar-refractivity contribution in [2.75, 3.05) is 0 Å². The number of hydrogen-bond donors (Lipinski definition) is 1. The van der Waals surface area contributed by atoms with Crippen LogP contribution in [0.15, 0.2) is 17.0 Å². The molecule has 6 nitrogen and oxygen atoms in total. The van der Waals surface area contributed by atoms with E-state index in [-0.39, 0.29) is 10.0 Å². The largest absolute Gasteiger partial charge is 0.296 e. The summed E-state index contributed by atoms with van der Waals surface area (Å²) >= 11 is 10.9. The highest BCUT2D eigenvalue weighted by atomic mass is 35.5. The molecule has 0 aliphatic rings. The van der Waals surface area contributed by atoms with E-state index in [2.05, 4.69) is 0 Å². The summed E-state index contributed by atoms with van der Waals surface area (Å²) in [5.74, 6) is 0. The van der Waals surface area contributed by atoms with Gasteiger partial charge in [-0.15, -0.1) is 0 Å². The lowest BCUT2D eigenvalue weighted by atomic mass is 10.3. The van der Waals surface area contributed by atoms with Gasteiger partial charge in [-0.05, 0) is 6.07 Å². The molecule has 1 aromatic rings. The fraction of sp³-hybridized carbons (Fsp3) is 0. The lowest BCUT2D eigenvalue weighted by Crippen LogP contribution is -2.01. The van der Waals surface area contributed by atoms with Gasteiger partial charge in [0.05, 0.1) is 9.95 Å². The number of nitro benzene ring substituents is 1. The Balaban J connectivity index is 3.58. The number of nitro groups is 1. The predicted octanol–water partition coefficient (Wildman–Crippen LogP) is 2.15. The summed E-state index contributed by atoms with van der Waals surface area (Å²) in [6.07, 6.45) is 0. The zero-order chi connectivity index (χ0) is 11.8. The lowest BCUT2D eigenvalue weighted by molar-refractivity contribution is -0.384. The third-order valence-corrected chi connectivity index (χ3v) is 3.10. The van der Waals surface area contributed by atoms with Gasteiger partial charge in [-0.1, -0.05) is 23.2 Å². The Morgan fingerprint density at radius 2 is 1.80 bits per heavy atom. The Kier molecular flexibility index (Phi) is 3.19. The summed E-state index contributed by atoms with van der Waals surface area (Å²) < 4.78 is 30.2. The van der Waals surface area contributed by atoms with E-state index < -0.39 is 25.6 Å². The molecule has 0 unspecified atom stereocenters. The molecule has 0 radical (unpaired) electrons. The van der Waals surface area contributed by atoms with Gasteiger partial charge in [0, 0.05) is 6.07 Å². The van der Waals surface area contributed by atoms with E-state index in [0.29, 0.717) is 6.07 Å². The lowest BCUT2D eigenvalue weighted by Gasteiger charge is -2.01. The molecule has 1 aromatic carbocycles. The fourth-order valence-electron chi connectivity index (χ4n) is 0.856. The van der Waals surface area contributed by atoms with Crippen LogP contribution in [-0.2, 0) is 10.1 Å². The maximum atomic E-state index is 10.7. The van der Waals surface area contributed by atoms with E-state index in [1.165, 1.54) is 0 Å². The maximum Gasteiger partial charge on any atom is 0.296 e. The summed E-state index contributed by atoms with van der Waals surface area (Å²) in [5.41, 5.74) is -0.645. The van der Waals surface area contributed by atoms with E-state index in [9.17, 15) is 18.5 Å². The van der Waals surface area contributed by atoms with Crippen molar-refractivity contribution >= 4 is 39.0 Å². The van der Waals surface area contributed by atoms with Gasteiger partial charge in [0.1, 0.15) is 9.92 Å². The fourth-order valence-corrected chi connectivity index (χ4v) is 2.17. The van der Waals surface area contributed by atoms with Gasteiger partial charge >= 0.3 is 0 Å². The number of halogens is 2. The molecule has 1 N–H and O–H groups in total. The first-order chi connectivity index (χ1) is 6.73. The number of benzene rings is 1. The zero-order valence-corrected chi connectivity index (χ0v) is 9.17. The molecular weight excluding hydrogens is 269 g/mol. The number of rotatable bonds is 2. The zero-order valence-electron chi connectivity index (χ0n) is 6.85. The summed E-state index contributed by atoms with van der Waals surface area (Å²) in [6, 6.07) is 1.48. The molecule has 9 heteroatoms. The van der Waals surface area contributed by atoms with Crippen molar-refractivity contribution in [2.24, 2.45) is 0 Å². The molecule has 0 spiro atoms. The monoisotopic (exact) mass is 271 g/mol. The van der Waals surface area contributed by atoms with Crippen LogP contribution in [0.4, 0.5) is 5.69 Å². The van der Waals surface area contributed by atoms with Crippen molar-refractivity contribution in [3.63, 3.8) is 0 Å². The molecular formula is C6H3Cl2NO5S. The second-order valence-electron chi connectivity index (χ2n) is 2.47. The topological polar surface area (TPSA) is 97.5 Å². The quantitative estimate of drug-likeness (QED) is 0.505. The average Bonchev–Trinajstić information content (AvgIpc) is 2.00. The predicted molar refractivity (Wildman–Crippen MR) is 52.9 cm³/mol. The van der Waals surface area contributed by atoms with Crippen molar-refractivity contribution in [2.45, 2.75) is 4.90 Å². The highest BCUT2D eigenvalue weighted by Gasteiger charge is 2.22. The number of hydrogen-bond acceptors (Lipinski definition) is 4. The van der Waals surface area contributed by atoms with Crippen molar-refractivity contribution in [1.29, 1.82) is 0 Å². The minimum Gasteiger partial charge on any atom is -0.282 e. The van der Waals surface area contributed by atoms with Crippen LogP contribution in [-0.4, -0.2) is 17.9 Å². The molecule has 0 saturated carbocycles. The Morgan fingerprint density at radius 3 is 2.20 bits per heavy atom. The second-order valence-corrected chi connectivity index (χ2v) is 4.67. The van der Waals surface area contributed by atoms with Gasteiger partial charge < -0.3 is 0 Å². The van der Waals surface area contributed by atoms with Gasteiger partial charge in [-0.2, -0.15) is 8.42 Å². The average molecular weight is 272 g/mol. The van der Waals surface area contributed by atoms with Crippen molar-refractivity contribution in [1.82, 2.24) is 0 Å². The van der Waals surface area contributed by atoms with E-state index in [1.807, 2.05) is 0 Å². The summed E-state index contributed by atoms with van der Waals surface area (Å²) in [4.78, 5) is 8.78. The SMILES string of the molecule is O=[N+]([O-])c1cc(S(=O)(=O)O)c(Cl)cc1Cl. The molecule has 0 aliphatic carbocycles. The summed E-state index contributed by atoms with van der Waals surface area (Å²) in [7, 11) is -4.60. The molecule has 0 bridgehead atoms. The third-order valence-electron chi connectivity index (χ3n) is 1.48. The Hall–Kier alpha value is -0.890. The van der Waals surface area contributed by atoms with Gasteiger partial charge in [-0.3, -0.25) is 14.7 Å². The van der Waals surface area contributed by atoms with Crippen LogP contribution in [0.3, 0.4) is 0 Å². The van der Waals surface area contributed by atoms with Crippen LogP contribution in [0.1, 0.15) is 0 Å². The maximum absolute atomic E-state index is 10.7. The molecule has 0 aromatic heterocycles. The molecule has 0 fully saturated rings. The molecule has 0 saturated heterocycles. The molecule has 0 aliphatic heterocycles. The highest BCUT2D eigenvalue weighted by Crippen LogP contribution is 2.32. The summed E-state index contributed by atoms with van der Waals surface area (Å²) in [6.45, 7) is 0. The molecule has 0 amide bonds. The van der Waals surface area contributed by atoms with Crippen LogP contribution in [0.25, 0.3) is 0 Å². The van der Waals surface area contributed by atoms with Crippen LogP contribution in [0, 0.1) is 10.1 Å². The minimum atomic E-state index is -4.60. The smallest absolute Gasteiger partial charge is 0.282 e. The third kappa shape index (κ3) is 2.57. The van der Waals surface area contributed by atoms with Crippen LogP contribution in [0.2, 0.25) is 10.0 Å². The van der Waals surface area contributed by atoms with Crippen LogP contribution in [0.5, 0.6) is 0 Å². The van der Waals surface area contributed by atoms with Crippen LogP contribution < -0.4 is 0 Å². The first kappa shape index (κ1) is 12.2. The highest BCUT2D eigenvalue weighted by molar-refractivity contribution is 7.86.